The quantitative estimate of drug-likeness (QED) is 0.821. The van der Waals surface area contributed by atoms with Crippen molar-refractivity contribution in [2.45, 2.75) is 18.8 Å². The molecule has 1 aromatic carbocycles. The molecule has 1 aromatic rings. The maximum absolute atomic E-state index is 12.5. The Hall–Kier alpha value is -1.23. The predicted octanol–water partition coefficient (Wildman–Crippen LogP) is 2.40. The van der Waals surface area contributed by atoms with E-state index in [2.05, 4.69) is 5.32 Å². The van der Waals surface area contributed by atoms with Crippen molar-refractivity contribution in [1.82, 2.24) is 5.32 Å². The summed E-state index contributed by atoms with van der Waals surface area (Å²) in [5.74, 6) is -0.109. The molecule has 0 saturated carbocycles. The normalized spacial score (nSPS) is 20.9. The number of halogens is 3. The lowest BCUT2D eigenvalue weighted by Gasteiger charge is -2.29. The smallest absolute Gasteiger partial charge is 0.419 e. The molecule has 82 valence electrons. The van der Waals surface area contributed by atoms with Gasteiger partial charge in [-0.05, 0) is 12.1 Å². The van der Waals surface area contributed by atoms with Gasteiger partial charge in [0, 0.05) is 13.0 Å². The van der Waals surface area contributed by atoms with Gasteiger partial charge in [-0.1, -0.05) is 12.1 Å². The van der Waals surface area contributed by atoms with Crippen molar-refractivity contribution in [2.75, 3.05) is 6.54 Å². The van der Waals surface area contributed by atoms with Crippen molar-refractivity contribution in [2.24, 2.45) is 0 Å². The van der Waals surface area contributed by atoms with Crippen LogP contribution in [-0.2, 0) is 6.18 Å². The van der Waals surface area contributed by atoms with Crippen LogP contribution in [0.15, 0.2) is 24.3 Å². The van der Waals surface area contributed by atoms with Crippen molar-refractivity contribution >= 4 is 0 Å². The Balaban J connectivity index is 2.21. The predicted molar refractivity (Wildman–Crippen MR) is 48.5 cm³/mol. The minimum absolute atomic E-state index is 0.109. The maximum Gasteiger partial charge on any atom is 0.419 e. The number of ether oxygens (including phenoxy) is 1. The largest absolute Gasteiger partial charge is 0.475 e. The van der Waals surface area contributed by atoms with E-state index in [9.17, 15) is 13.2 Å². The van der Waals surface area contributed by atoms with Gasteiger partial charge in [-0.15, -0.1) is 0 Å². The third-order valence-electron chi connectivity index (χ3n) is 2.24. The maximum atomic E-state index is 12.5. The highest BCUT2D eigenvalue weighted by molar-refractivity contribution is 5.35. The molecule has 0 aliphatic carbocycles. The molecule has 1 N–H and O–H groups in total. The average Bonchev–Trinajstić information content (AvgIpc) is 2.10. The van der Waals surface area contributed by atoms with Crippen LogP contribution < -0.4 is 10.1 Å². The molecule has 0 spiro atoms. The molecule has 1 fully saturated rings. The third kappa shape index (κ3) is 2.23. The summed E-state index contributed by atoms with van der Waals surface area (Å²) < 4.78 is 42.7. The highest BCUT2D eigenvalue weighted by Crippen LogP contribution is 2.36. The minimum Gasteiger partial charge on any atom is -0.475 e. The molecular weight excluding hydrogens is 207 g/mol. The van der Waals surface area contributed by atoms with E-state index >= 15 is 0 Å². The number of nitrogens with one attached hydrogen (secondary N) is 1. The van der Waals surface area contributed by atoms with E-state index in [0.717, 1.165) is 19.0 Å². The van der Waals surface area contributed by atoms with E-state index in [1.165, 1.54) is 18.2 Å². The van der Waals surface area contributed by atoms with E-state index < -0.39 is 11.7 Å². The number of hydrogen-bond donors (Lipinski definition) is 1. The summed E-state index contributed by atoms with van der Waals surface area (Å²) in [7, 11) is 0. The first-order valence-corrected chi connectivity index (χ1v) is 4.63. The molecule has 0 amide bonds. The molecule has 15 heavy (non-hydrogen) atoms. The van der Waals surface area contributed by atoms with Crippen molar-refractivity contribution in [3.8, 4) is 5.75 Å². The van der Waals surface area contributed by atoms with Crippen LogP contribution in [0.1, 0.15) is 12.0 Å². The SMILES string of the molecule is FC(F)(F)c1ccccc1OC1CCN1. The standard InChI is InChI=1S/C10H10F3NO/c11-10(12,13)7-3-1-2-4-8(7)15-9-5-6-14-9/h1-4,9,14H,5-6H2. The van der Waals surface area contributed by atoms with Gasteiger partial charge < -0.3 is 4.74 Å². The number of rotatable bonds is 2. The van der Waals surface area contributed by atoms with Crippen LogP contribution in [0, 0.1) is 0 Å². The lowest BCUT2D eigenvalue weighted by atomic mass is 10.2. The second-order valence-corrected chi connectivity index (χ2v) is 3.34. The zero-order valence-corrected chi connectivity index (χ0v) is 7.84. The van der Waals surface area contributed by atoms with Crippen LogP contribution in [0.5, 0.6) is 5.75 Å². The Bertz CT molecular complexity index is 347. The summed E-state index contributed by atoms with van der Waals surface area (Å²) in [5.41, 5.74) is -0.723. The molecule has 0 radical (unpaired) electrons. The van der Waals surface area contributed by atoms with Gasteiger partial charge in [-0.2, -0.15) is 13.2 Å². The second-order valence-electron chi connectivity index (χ2n) is 3.34. The Morgan fingerprint density at radius 3 is 2.47 bits per heavy atom. The third-order valence-corrected chi connectivity index (χ3v) is 2.24. The number of hydrogen-bond acceptors (Lipinski definition) is 2. The fourth-order valence-electron chi connectivity index (χ4n) is 1.32. The van der Waals surface area contributed by atoms with E-state index in [4.69, 9.17) is 4.74 Å². The van der Waals surface area contributed by atoms with Crippen LogP contribution in [0.2, 0.25) is 0 Å². The molecule has 1 saturated heterocycles. The van der Waals surface area contributed by atoms with E-state index in [-0.39, 0.29) is 12.0 Å². The first-order valence-electron chi connectivity index (χ1n) is 4.63. The second kappa shape index (κ2) is 3.73. The topological polar surface area (TPSA) is 21.3 Å². The molecule has 2 nitrogen and oxygen atoms in total. The molecule has 0 aromatic heterocycles. The van der Waals surface area contributed by atoms with Gasteiger partial charge in [0.2, 0.25) is 0 Å². The van der Waals surface area contributed by atoms with Gasteiger partial charge in [-0.25, -0.2) is 0 Å². The highest BCUT2D eigenvalue weighted by atomic mass is 19.4. The first-order chi connectivity index (χ1) is 7.07. The van der Waals surface area contributed by atoms with E-state index in [1.54, 1.807) is 0 Å². The van der Waals surface area contributed by atoms with Crippen LogP contribution in [0.4, 0.5) is 13.2 Å². The average molecular weight is 217 g/mol. The number of alkyl halides is 3. The Morgan fingerprint density at radius 1 is 1.27 bits per heavy atom. The van der Waals surface area contributed by atoms with Gasteiger partial charge >= 0.3 is 6.18 Å². The van der Waals surface area contributed by atoms with Crippen molar-refractivity contribution < 1.29 is 17.9 Å². The molecule has 1 atom stereocenters. The summed E-state index contributed by atoms with van der Waals surface area (Å²) >= 11 is 0. The lowest BCUT2D eigenvalue weighted by molar-refractivity contribution is -0.139. The summed E-state index contributed by atoms with van der Waals surface area (Å²) in [6, 6.07) is 5.24. The van der Waals surface area contributed by atoms with E-state index in [1.807, 2.05) is 0 Å². The van der Waals surface area contributed by atoms with Gasteiger partial charge in [0.15, 0.2) is 6.23 Å². The van der Waals surface area contributed by atoms with Crippen molar-refractivity contribution in [3.63, 3.8) is 0 Å². The molecule has 1 aliphatic rings. The summed E-state index contributed by atoms with van der Waals surface area (Å²) in [4.78, 5) is 0. The number of benzene rings is 1. The highest BCUT2D eigenvalue weighted by Gasteiger charge is 2.35. The van der Waals surface area contributed by atoms with Gasteiger partial charge in [0.25, 0.3) is 0 Å². The lowest BCUT2D eigenvalue weighted by Crippen LogP contribution is -2.47. The zero-order valence-electron chi connectivity index (χ0n) is 7.84. The summed E-state index contributed by atoms with van der Waals surface area (Å²) in [6.07, 6.45) is -3.90. The molecule has 0 bridgehead atoms. The Labute approximate surface area is 85.0 Å². The molecule has 1 aliphatic heterocycles. The van der Waals surface area contributed by atoms with Gasteiger partial charge in [-0.3, -0.25) is 5.32 Å². The molecule has 1 heterocycles. The first kappa shape index (κ1) is 10.3. The molecule has 2 rings (SSSR count). The van der Waals surface area contributed by atoms with E-state index in [0.29, 0.717) is 0 Å². The van der Waals surface area contributed by atoms with Crippen molar-refractivity contribution in [3.05, 3.63) is 29.8 Å². The van der Waals surface area contributed by atoms with Crippen LogP contribution in [0.25, 0.3) is 0 Å². The Morgan fingerprint density at radius 2 is 1.93 bits per heavy atom. The van der Waals surface area contributed by atoms with Crippen molar-refractivity contribution in [1.29, 1.82) is 0 Å². The van der Waals surface area contributed by atoms with Crippen LogP contribution >= 0.6 is 0 Å². The minimum atomic E-state index is -4.36. The van der Waals surface area contributed by atoms with Gasteiger partial charge in [0.1, 0.15) is 5.75 Å². The Kier molecular flexibility index (Phi) is 2.56. The molecule has 5 heteroatoms. The molecular formula is C10H10F3NO. The summed E-state index contributed by atoms with van der Waals surface area (Å²) in [5, 5.41) is 2.88. The fourth-order valence-corrected chi connectivity index (χ4v) is 1.32. The van der Waals surface area contributed by atoms with Crippen LogP contribution in [0.3, 0.4) is 0 Å². The molecule has 1 unspecified atom stereocenters. The zero-order chi connectivity index (χ0) is 10.9. The monoisotopic (exact) mass is 217 g/mol. The van der Waals surface area contributed by atoms with Crippen LogP contribution in [-0.4, -0.2) is 12.8 Å². The van der Waals surface area contributed by atoms with Gasteiger partial charge in [0.05, 0.1) is 5.56 Å². The number of para-hydroxylation sites is 1. The fraction of sp³-hybridized carbons (Fsp3) is 0.400. The summed E-state index contributed by atoms with van der Waals surface area (Å²) in [6.45, 7) is 0.791.